The topological polar surface area (TPSA) is 34.1 Å². The quantitative estimate of drug-likeness (QED) is 0.886. The molecule has 0 saturated carbocycles. The lowest BCUT2D eigenvalue weighted by Crippen LogP contribution is -2.33. The second-order valence-electron chi connectivity index (χ2n) is 6.63. The van der Waals surface area contributed by atoms with Crippen LogP contribution >= 0.6 is 0 Å². The SMILES string of the molecule is Cc1ccc([C@@H]2OCCC[C@H]2CN[C@@H](C)c2ccncc2F)cc1. The minimum absolute atomic E-state index is 0.0476. The van der Waals surface area contributed by atoms with Crippen LogP contribution in [0.2, 0.25) is 0 Å². The Kier molecular flexibility index (Phi) is 5.59. The number of benzene rings is 1. The summed E-state index contributed by atoms with van der Waals surface area (Å²) in [5, 5.41) is 3.47. The van der Waals surface area contributed by atoms with Crippen molar-refractivity contribution in [2.45, 2.75) is 38.8 Å². The van der Waals surface area contributed by atoms with Crippen LogP contribution in [0.1, 0.15) is 48.6 Å². The maximum atomic E-state index is 13.9. The third-order valence-electron chi connectivity index (χ3n) is 4.81. The molecule has 3 rings (SSSR count). The number of pyridine rings is 1. The van der Waals surface area contributed by atoms with Gasteiger partial charge in [-0.25, -0.2) is 4.39 Å². The van der Waals surface area contributed by atoms with Gasteiger partial charge in [0.25, 0.3) is 0 Å². The van der Waals surface area contributed by atoms with Crippen molar-refractivity contribution in [3.63, 3.8) is 0 Å². The van der Waals surface area contributed by atoms with E-state index in [2.05, 4.69) is 41.5 Å². The van der Waals surface area contributed by atoms with E-state index in [9.17, 15) is 4.39 Å². The van der Waals surface area contributed by atoms with Gasteiger partial charge in [-0.2, -0.15) is 0 Å². The predicted octanol–water partition coefficient (Wildman–Crippen LogP) is 4.35. The van der Waals surface area contributed by atoms with Crippen molar-refractivity contribution in [3.8, 4) is 0 Å². The summed E-state index contributed by atoms with van der Waals surface area (Å²) in [6.07, 6.45) is 5.22. The maximum absolute atomic E-state index is 13.9. The molecule has 1 aromatic heterocycles. The van der Waals surface area contributed by atoms with E-state index in [0.717, 1.165) is 26.0 Å². The van der Waals surface area contributed by atoms with E-state index in [1.54, 1.807) is 12.3 Å². The molecule has 24 heavy (non-hydrogen) atoms. The summed E-state index contributed by atoms with van der Waals surface area (Å²) in [6, 6.07) is 10.3. The summed E-state index contributed by atoms with van der Waals surface area (Å²) in [5.41, 5.74) is 3.15. The Morgan fingerprint density at radius 3 is 2.83 bits per heavy atom. The number of ether oxygens (including phenoxy) is 1. The predicted molar refractivity (Wildman–Crippen MR) is 93.2 cm³/mol. The molecule has 0 aliphatic carbocycles. The summed E-state index contributed by atoms with van der Waals surface area (Å²) in [7, 11) is 0. The van der Waals surface area contributed by atoms with Gasteiger partial charge in [0.05, 0.1) is 12.3 Å². The molecular weight excluding hydrogens is 303 g/mol. The molecule has 0 bridgehead atoms. The third kappa shape index (κ3) is 4.00. The Labute approximate surface area is 143 Å². The highest BCUT2D eigenvalue weighted by Gasteiger charge is 2.27. The molecule has 2 aromatic rings. The Balaban J connectivity index is 1.66. The zero-order valence-corrected chi connectivity index (χ0v) is 14.3. The molecule has 0 spiro atoms. The second kappa shape index (κ2) is 7.86. The van der Waals surface area contributed by atoms with Crippen LogP contribution in [0.25, 0.3) is 0 Å². The smallest absolute Gasteiger partial charge is 0.146 e. The van der Waals surface area contributed by atoms with Gasteiger partial charge in [-0.1, -0.05) is 29.8 Å². The normalized spacial score (nSPS) is 22.3. The lowest BCUT2D eigenvalue weighted by Gasteiger charge is -2.33. The number of aromatic nitrogens is 1. The largest absolute Gasteiger partial charge is 0.373 e. The molecule has 1 aromatic carbocycles. The van der Waals surface area contributed by atoms with Gasteiger partial charge >= 0.3 is 0 Å². The van der Waals surface area contributed by atoms with Crippen LogP contribution in [0.15, 0.2) is 42.7 Å². The fourth-order valence-corrected chi connectivity index (χ4v) is 3.35. The van der Waals surface area contributed by atoms with Crippen LogP contribution in [-0.4, -0.2) is 18.1 Å². The van der Waals surface area contributed by atoms with Gasteiger partial charge in [0, 0.05) is 36.9 Å². The molecule has 3 atom stereocenters. The number of hydrogen-bond acceptors (Lipinski definition) is 3. The molecule has 1 aliphatic heterocycles. The zero-order valence-electron chi connectivity index (χ0n) is 14.3. The molecule has 1 N–H and O–H groups in total. The van der Waals surface area contributed by atoms with Gasteiger partial charge in [0.2, 0.25) is 0 Å². The minimum atomic E-state index is -0.257. The van der Waals surface area contributed by atoms with Gasteiger partial charge in [0.15, 0.2) is 0 Å². The highest BCUT2D eigenvalue weighted by molar-refractivity contribution is 5.24. The Bertz CT molecular complexity index is 659. The van der Waals surface area contributed by atoms with E-state index >= 15 is 0 Å². The van der Waals surface area contributed by atoms with Crippen LogP contribution in [-0.2, 0) is 4.74 Å². The second-order valence-corrected chi connectivity index (χ2v) is 6.63. The van der Waals surface area contributed by atoms with Crippen molar-refractivity contribution in [2.24, 2.45) is 5.92 Å². The van der Waals surface area contributed by atoms with Crippen LogP contribution in [0.5, 0.6) is 0 Å². The van der Waals surface area contributed by atoms with E-state index in [1.807, 2.05) is 6.92 Å². The van der Waals surface area contributed by atoms with Gasteiger partial charge in [-0.3, -0.25) is 4.98 Å². The summed E-state index contributed by atoms with van der Waals surface area (Å²) in [4.78, 5) is 3.81. The minimum Gasteiger partial charge on any atom is -0.373 e. The number of nitrogens with one attached hydrogen (secondary N) is 1. The maximum Gasteiger partial charge on any atom is 0.146 e. The summed E-state index contributed by atoms with van der Waals surface area (Å²) >= 11 is 0. The molecule has 4 heteroatoms. The molecule has 1 saturated heterocycles. The summed E-state index contributed by atoms with van der Waals surface area (Å²) in [5.74, 6) is 0.140. The average molecular weight is 328 g/mol. The Morgan fingerprint density at radius 2 is 2.08 bits per heavy atom. The molecular formula is C20H25FN2O. The van der Waals surface area contributed by atoms with E-state index in [0.29, 0.717) is 11.5 Å². The molecule has 128 valence electrons. The van der Waals surface area contributed by atoms with Crippen molar-refractivity contribution in [3.05, 3.63) is 65.2 Å². The first-order valence-corrected chi connectivity index (χ1v) is 8.66. The summed E-state index contributed by atoms with van der Waals surface area (Å²) in [6.45, 7) is 5.70. The molecule has 0 unspecified atom stereocenters. The van der Waals surface area contributed by atoms with E-state index in [4.69, 9.17) is 4.74 Å². The van der Waals surface area contributed by atoms with Crippen molar-refractivity contribution in [1.82, 2.24) is 10.3 Å². The number of aryl methyl sites for hydroxylation is 1. The third-order valence-corrected chi connectivity index (χ3v) is 4.81. The number of rotatable bonds is 5. The number of nitrogens with zero attached hydrogens (tertiary/aromatic N) is 1. The Hall–Kier alpha value is -1.78. The van der Waals surface area contributed by atoms with Crippen LogP contribution in [0.3, 0.4) is 0 Å². The summed E-state index contributed by atoms with van der Waals surface area (Å²) < 4.78 is 19.9. The van der Waals surface area contributed by atoms with Crippen molar-refractivity contribution in [2.75, 3.05) is 13.2 Å². The fourth-order valence-electron chi connectivity index (χ4n) is 3.35. The van der Waals surface area contributed by atoms with E-state index in [1.165, 1.54) is 17.3 Å². The van der Waals surface area contributed by atoms with Gasteiger partial charge in [-0.05, 0) is 38.3 Å². The first-order valence-electron chi connectivity index (χ1n) is 8.66. The van der Waals surface area contributed by atoms with E-state index in [-0.39, 0.29) is 18.0 Å². The zero-order chi connectivity index (χ0) is 16.9. The molecule has 1 fully saturated rings. The molecule has 0 amide bonds. The monoisotopic (exact) mass is 328 g/mol. The average Bonchev–Trinajstić information content (AvgIpc) is 2.61. The fraction of sp³-hybridized carbons (Fsp3) is 0.450. The number of hydrogen-bond donors (Lipinski definition) is 1. The number of halogens is 1. The molecule has 2 heterocycles. The van der Waals surface area contributed by atoms with Gasteiger partial charge < -0.3 is 10.1 Å². The first-order chi connectivity index (χ1) is 11.6. The van der Waals surface area contributed by atoms with Crippen molar-refractivity contribution in [1.29, 1.82) is 0 Å². The Morgan fingerprint density at radius 1 is 1.29 bits per heavy atom. The van der Waals surface area contributed by atoms with Crippen molar-refractivity contribution < 1.29 is 9.13 Å². The molecule has 3 nitrogen and oxygen atoms in total. The van der Waals surface area contributed by atoms with Gasteiger partial charge in [-0.15, -0.1) is 0 Å². The van der Waals surface area contributed by atoms with Crippen LogP contribution < -0.4 is 5.32 Å². The van der Waals surface area contributed by atoms with Crippen LogP contribution in [0.4, 0.5) is 4.39 Å². The molecule has 0 radical (unpaired) electrons. The van der Waals surface area contributed by atoms with Crippen LogP contribution in [0, 0.1) is 18.7 Å². The molecule has 1 aliphatic rings. The lowest BCUT2D eigenvalue weighted by atomic mass is 9.89. The standard InChI is InChI=1S/C20H25FN2O/c1-14-5-7-16(8-6-14)20-17(4-3-11-24-20)12-23-15(2)18-9-10-22-13-19(18)21/h5-10,13,15,17,20,23H,3-4,11-12H2,1-2H3/t15-,17-,20-/m0/s1. The van der Waals surface area contributed by atoms with E-state index < -0.39 is 0 Å². The highest BCUT2D eigenvalue weighted by atomic mass is 19.1. The lowest BCUT2D eigenvalue weighted by molar-refractivity contribution is -0.0284. The van der Waals surface area contributed by atoms with Crippen molar-refractivity contribution >= 4 is 0 Å². The first kappa shape index (κ1) is 17.1. The van der Waals surface area contributed by atoms with Gasteiger partial charge in [0.1, 0.15) is 5.82 Å². The highest BCUT2D eigenvalue weighted by Crippen LogP contribution is 2.33.